The van der Waals surface area contributed by atoms with E-state index in [9.17, 15) is 9.59 Å². The van der Waals surface area contributed by atoms with Gasteiger partial charge in [-0.15, -0.1) is 0 Å². The number of amides is 1. The number of carbonyl (C=O) groups excluding carboxylic acids is 2. The summed E-state index contributed by atoms with van der Waals surface area (Å²) in [6.45, 7) is 3.82. The molecule has 28 heavy (non-hydrogen) atoms. The molecule has 1 amide bonds. The Morgan fingerprint density at radius 2 is 2.00 bits per heavy atom. The molecule has 1 aromatic carbocycles. The van der Waals surface area contributed by atoms with Gasteiger partial charge < -0.3 is 14.6 Å². The van der Waals surface area contributed by atoms with Gasteiger partial charge in [0, 0.05) is 23.9 Å². The van der Waals surface area contributed by atoms with Crippen molar-refractivity contribution in [1.29, 1.82) is 0 Å². The molecule has 0 spiro atoms. The molecule has 3 rings (SSSR count). The average molecular weight is 403 g/mol. The summed E-state index contributed by atoms with van der Waals surface area (Å²) in [5.74, 6) is -0.610. The second-order valence-corrected chi connectivity index (χ2v) is 6.32. The highest BCUT2D eigenvalue weighted by Crippen LogP contribution is 2.21. The number of benzene rings is 1. The molecule has 0 radical (unpaired) electrons. The summed E-state index contributed by atoms with van der Waals surface area (Å²) < 4.78 is 11.4. The van der Waals surface area contributed by atoms with Crippen molar-refractivity contribution < 1.29 is 18.8 Å². The zero-order valence-electron chi connectivity index (χ0n) is 15.4. The summed E-state index contributed by atoms with van der Waals surface area (Å²) in [5.41, 5.74) is 3.06. The molecule has 1 N–H and O–H groups in total. The first kappa shape index (κ1) is 19.6. The summed E-state index contributed by atoms with van der Waals surface area (Å²) in [6.07, 6.45) is 2.37. The van der Waals surface area contributed by atoms with E-state index in [0.717, 1.165) is 11.3 Å². The van der Waals surface area contributed by atoms with Crippen LogP contribution in [0, 0.1) is 6.92 Å². The van der Waals surface area contributed by atoms with Gasteiger partial charge in [-0.1, -0.05) is 5.16 Å². The third kappa shape index (κ3) is 4.58. The normalized spacial score (nSPS) is 10.7. The van der Waals surface area contributed by atoms with Crippen molar-refractivity contribution in [3.8, 4) is 5.69 Å². The Labute approximate surface area is 166 Å². The second kappa shape index (κ2) is 8.71. The second-order valence-electron chi connectivity index (χ2n) is 5.98. The molecule has 8 nitrogen and oxygen atoms in total. The molecule has 0 fully saturated rings. The number of aryl methyl sites for hydroxylation is 1. The van der Waals surface area contributed by atoms with Crippen LogP contribution in [0.4, 0.5) is 5.69 Å². The molecule has 3 aromatic rings. The number of anilines is 1. The molecule has 0 aliphatic carbocycles. The minimum atomic E-state index is -0.465. The molecule has 9 heteroatoms. The van der Waals surface area contributed by atoms with Gasteiger partial charge in [0.1, 0.15) is 0 Å². The van der Waals surface area contributed by atoms with E-state index in [1.165, 1.54) is 0 Å². The molecule has 0 saturated heterocycles. The summed E-state index contributed by atoms with van der Waals surface area (Å²) >= 11 is 5.91. The number of nitrogens with one attached hydrogen (secondary N) is 1. The minimum absolute atomic E-state index is 0.145. The molecule has 0 unspecified atom stereocenters. The lowest BCUT2D eigenvalue weighted by atomic mass is 10.1. The lowest BCUT2D eigenvalue weighted by Gasteiger charge is -2.07. The van der Waals surface area contributed by atoms with Gasteiger partial charge >= 0.3 is 5.97 Å². The number of esters is 1. The van der Waals surface area contributed by atoms with Crippen molar-refractivity contribution >= 4 is 29.2 Å². The number of hydrogen-bond acceptors (Lipinski definition) is 6. The molecular weight excluding hydrogens is 384 g/mol. The van der Waals surface area contributed by atoms with Crippen LogP contribution in [-0.4, -0.2) is 33.4 Å². The van der Waals surface area contributed by atoms with E-state index in [1.54, 1.807) is 55.1 Å². The minimum Gasteiger partial charge on any atom is -0.461 e. The van der Waals surface area contributed by atoms with E-state index < -0.39 is 5.97 Å². The van der Waals surface area contributed by atoms with Gasteiger partial charge in [-0.25, -0.2) is 9.48 Å². The van der Waals surface area contributed by atoms with Gasteiger partial charge in [-0.05, 0) is 62.2 Å². The van der Waals surface area contributed by atoms with Crippen molar-refractivity contribution in [3.05, 3.63) is 58.7 Å². The van der Waals surface area contributed by atoms with Crippen LogP contribution < -0.4 is 5.32 Å². The summed E-state index contributed by atoms with van der Waals surface area (Å²) in [4.78, 5) is 23.8. The number of carbonyl (C=O) groups is 2. The highest BCUT2D eigenvalue weighted by molar-refractivity contribution is 6.29. The Bertz CT molecular complexity index is 959. The standard InChI is InChI=1S/C19H19ClN4O4/c1-3-27-19(26)16-10-11-24(22-16)14-6-4-13(5-7-14)21-17(25)9-8-15-12(2)23-28-18(15)20/h4-7,10-11H,3,8-9H2,1-2H3,(H,21,25). The van der Waals surface area contributed by atoms with E-state index in [0.29, 0.717) is 24.4 Å². The van der Waals surface area contributed by atoms with Crippen LogP contribution in [0.1, 0.15) is 35.1 Å². The number of hydrogen-bond donors (Lipinski definition) is 1. The molecule has 0 aliphatic heterocycles. The maximum Gasteiger partial charge on any atom is 0.358 e. The van der Waals surface area contributed by atoms with Crippen molar-refractivity contribution in [2.45, 2.75) is 26.7 Å². The van der Waals surface area contributed by atoms with Gasteiger partial charge in [0.05, 0.1) is 18.0 Å². The summed E-state index contributed by atoms with van der Waals surface area (Å²) in [5, 5.41) is 11.0. The number of aromatic nitrogens is 3. The predicted octanol–water partition coefficient (Wildman–Crippen LogP) is 3.57. The fraction of sp³-hybridized carbons (Fsp3) is 0.263. The molecule has 0 aliphatic rings. The maximum absolute atomic E-state index is 12.2. The molecule has 0 atom stereocenters. The van der Waals surface area contributed by atoms with E-state index >= 15 is 0 Å². The molecule has 0 saturated carbocycles. The van der Waals surface area contributed by atoms with E-state index in [2.05, 4.69) is 15.6 Å². The molecule has 146 valence electrons. The Kier molecular flexibility index (Phi) is 6.10. The molecular formula is C19H19ClN4O4. The number of nitrogens with zero attached hydrogens (tertiary/aromatic N) is 3. The number of rotatable bonds is 7. The zero-order valence-corrected chi connectivity index (χ0v) is 16.2. The van der Waals surface area contributed by atoms with Crippen molar-refractivity contribution in [1.82, 2.24) is 14.9 Å². The quantitative estimate of drug-likeness (QED) is 0.606. The highest BCUT2D eigenvalue weighted by atomic mass is 35.5. The zero-order chi connectivity index (χ0) is 20.1. The smallest absolute Gasteiger partial charge is 0.358 e. The fourth-order valence-electron chi connectivity index (χ4n) is 2.58. The van der Waals surface area contributed by atoms with Crippen LogP contribution in [0.3, 0.4) is 0 Å². The van der Waals surface area contributed by atoms with Crippen LogP contribution in [0.5, 0.6) is 0 Å². The first-order chi connectivity index (χ1) is 13.5. The Morgan fingerprint density at radius 3 is 2.64 bits per heavy atom. The van der Waals surface area contributed by atoms with Gasteiger partial charge in [0.25, 0.3) is 0 Å². The topological polar surface area (TPSA) is 99.2 Å². The van der Waals surface area contributed by atoms with Crippen LogP contribution in [0.2, 0.25) is 5.22 Å². The van der Waals surface area contributed by atoms with Crippen molar-refractivity contribution in [2.24, 2.45) is 0 Å². The van der Waals surface area contributed by atoms with E-state index in [4.69, 9.17) is 20.9 Å². The lowest BCUT2D eigenvalue weighted by Crippen LogP contribution is -2.12. The average Bonchev–Trinajstić information content (AvgIpc) is 3.29. The first-order valence-corrected chi connectivity index (χ1v) is 9.09. The van der Waals surface area contributed by atoms with Gasteiger partial charge in [0.2, 0.25) is 11.1 Å². The Hall–Kier alpha value is -3.13. The monoisotopic (exact) mass is 402 g/mol. The summed E-state index contributed by atoms with van der Waals surface area (Å²) in [7, 11) is 0. The number of ether oxygens (including phenoxy) is 1. The van der Waals surface area contributed by atoms with Crippen molar-refractivity contribution in [2.75, 3.05) is 11.9 Å². The lowest BCUT2D eigenvalue weighted by molar-refractivity contribution is -0.116. The van der Waals surface area contributed by atoms with E-state index in [1.807, 2.05) is 0 Å². The third-order valence-corrected chi connectivity index (χ3v) is 4.33. The summed E-state index contributed by atoms with van der Waals surface area (Å²) in [6, 6.07) is 8.69. The van der Waals surface area contributed by atoms with Crippen LogP contribution in [0.25, 0.3) is 5.69 Å². The van der Waals surface area contributed by atoms with Gasteiger partial charge in [-0.3, -0.25) is 4.79 Å². The van der Waals surface area contributed by atoms with Crippen LogP contribution in [0.15, 0.2) is 41.1 Å². The maximum atomic E-state index is 12.2. The SMILES string of the molecule is CCOC(=O)c1ccn(-c2ccc(NC(=O)CCc3c(C)noc3Cl)cc2)n1. The molecule has 0 bridgehead atoms. The van der Waals surface area contributed by atoms with Gasteiger partial charge in [-0.2, -0.15) is 5.10 Å². The van der Waals surface area contributed by atoms with Crippen LogP contribution in [-0.2, 0) is 16.0 Å². The Balaban J connectivity index is 1.58. The van der Waals surface area contributed by atoms with Crippen LogP contribution >= 0.6 is 11.6 Å². The predicted molar refractivity (Wildman–Crippen MR) is 103 cm³/mol. The fourth-order valence-corrected chi connectivity index (χ4v) is 2.85. The third-order valence-electron chi connectivity index (χ3n) is 4.03. The highest BCUT2D eigenvalue weighted by Gasteiger charge is 2.13. The number of halogens is 1. The van der Waals surface area contributed by atoms with Crippen molar-refractivity contribution in [3.63, 3.8) is 0 Å². The largest absolute Gasteiger partial charge is 0.461 e. The molecule has 2 aromatic heterocycles. The first-order valence-electron chi connectivity index (χ1n) is 8.71. The molecule has 2 heterocycles. The Morgan fingerprint density at radius 1 is 1.25 bits per heavy atom. The van der Waals surface area contributed by atoms with E-state index in [-0.39, 0.29) is 23.2 Å². The van der Waals surface area contributed by atoms with Gasteiger partial charge in [0.15, 0.2) is 5.69 Å².